The summed E-state index contributed by atoms with van der Waals surface area (Å²) >= 11 is 2.90. The first-order chi connectivity index (χ1) is 10.5. The molecular formula is C16H19N3OS2. The average molecular weight is 333 g/mol. The lowest BCUT2D eigenvalue weighted by Crippen LogP contribution is -2.15. The molecule has 6 heteroatoms. The van der Waals surface area contributed by atoms with Crippen molar-refractivity contribution in [2.75, 3.05) is 11.9 Å². The Kier molecular flexibility index (Phi) is 5.74. The highest BCUT2D eigenvalue weighted by atomic mass is 32.2. The Labute approximate surface area is 139 Å². The van der Waals surface area contributed by atoms with Gasteiger partial charge in [0.1, 0.15) is 0 Å². The minimum atomic E-state index is -0.194. The van der Waals surface area contributed by atoms with E-state index in [-0.39, 0.29) is 11.0 Å². The highest BCUT2D eigenvalue weighted by Gasteiger charge is 2.20. The Morgan fingerprint density at radius 3 is 2.95 bits per heavy atom. The van der Waals surface area contributed by atoms with Gasteiger partial charge in [0.05, 0.1) is 5.25 Å². The van der Waals surface area contributed by atoms with E-state index in [9.17, 15) is 4.79 Å². The number of nitrogens with one attached hydrogen (secondary N) is 1. The van der Waals surface area contributed by atoms with E-state index in [0.717, 1.165) is 26.2 Å². The lowest BCUT2D eigenvalue weighted by molar-refractivity contribution is 0.0993. The molecular weight excluding hydrogens is 314 g/mol. The molecule has 1 aromatic heterocycles. The van der Waals surface area contributed by atoms with Crippen molar-refractivity contribution in [3.63, 3.8) is 0 Å². The van der Waals surface area contributed by atoms with E-state index < -0.39 is 0 Å². The molecule has 0 aliphatic heterocycles. The van der Waals surface area contributed by atoms with E-state index in [1.54, 1.807) is 6.08 Å². The molecule has 1 unspecified atom stereocenters. The molecule has 0 saturated heterocycles. The Morgan fingerprint density at radius 1 is 1.45 bits per heavy atom. The van der Waals surface area contributed by atoms with E-state index in [2.05, 4.69) is 22.1 Å². The Bertz CT molecular complexity index is 682. The monoisotopic (exact) mass is 333 g/mol. The molecule has 0 amide bonds. The van der Waals surface area contributed by atoms with Crippen molar-refractivity contribution in [3.05, 3.63) is 47.5 Å². The zero-order valence-corrected chi connectivity index (χ0v) is 14.6. The number of hydrogen-bond donors (Lipinski definition) is 1. The molecule has 0 radical (unpaired) electrons. The summed E-state index contributed by atoms with van der Waals surface area (Å²) in [6, 6.07) is 5.96. The first kappa shape index (κ1) is 16.7. The lowest BCUT2D eigenvalue weighted by Gasteiger charge is -2.11. The molecule has 116 valence electrons. The first-order valence-corrected chi connectivity index (χ1v) is 8.67. The van der Waals surface area contributed by atoms with Crippen molar-refractivity contribution in [3.8, 4) is 0 Å². The van der Waals surface area contributed by atoms with Crippen LogP contribution in [0, 0.1) is 13.8 Å². The number of aromatic nitrogens is 2. The second kappa shape index (κ2) is 7.56. The van der Waals surface area contributed by atoms with Crippen LogP contribution in [-0.2, 0) is 0 Å². The van der Waals surface area contributed by atoms with E-state index >= 15 is 0 Å². The van der Waals surface area contributed by atoms with Crippen LogP contribution in [0.5, 0.6) is 0 Å². The normalized spacial score (nSPS) is 12.0. The second-order valence-electron chi connectivity index (χ2n) is 4.99. The molecule has 2 rings (SSSR count). The van der Waals surface area contributed by atoms with Gasteiger partial charge in [-0.2, -0.15) is 0 Å². The number of benzene rings is 1. The van der Waals surface area contributed by atoms with Crippen LogP contribution in [0.2, 0.25) is 0 Å². The standard InChI is InChI=1S/C16H19N3OS2/c1-5-8-17-15-18-19-16(22-15)21-12(4)14(20)13-9-10(2)6-7-11(13)3/h5-7,9,12H,1,8H2,2-4H3,(H,17,18). The maximum absolute atomic E-state index is 12.6. The summed E-state index contributed by atoms with van der Waals surface area (Å²) in [5.74, 6) is 0.127. The highest BCUT2D eigenvalue weighted by molar-refractivity contribution is 8.02. The number of ketones is 1. The predicted molar refractivity (Wildman–Crippen MR) is 94.2 cm³/mol. The molecule has 0 fully saturated rings. The number of nitrogens with zero attached hydrogens (tertiary/aromatic N) is 2. The van der Waals surface area contributed by atoms with Crippen LogP contribution in [0.3, 0.4) is 0 Å². The maximum Gasteiger partial charge on any atom is 0.206 e. The molecule has 0 bridgehead atoms. The largest absolute Gasteiger partial charge is 0.357 e. The van der Waals surface area contributed by atoms with Gasteiger partial charge >= 0.3 is 0 Å². The number of hydrogen-bond acceptors (Lipinski definition) is 6. The number of thioether (sulfide) groups is 1. The van der Waals surface area contributed by atoms with E-state index in [4.69, 9.17) is 0 Å². The third-order valence-electron chi connectivity index (χ3n) is 3.11. The molecule has 0 spiro atoms. The topological polar surface area (TPSA) is 54.9 Å². The third kappa shape index (κ3) is 4.18. The van der Waals surface area contributed by atoms with E-state index in [1.807, 2.05) is 39.0 Å². The van der Waals surface area contributed by atoms with Gasteiger partial charge in [-0.25, -0.2) is 0 Å². The third-order valence-corrected chi connectivity index (χ3v) is 5.17. The van der Waals surface area contributed by atoms with Crippen molar-refractivity contribution >= 4 is 34.0 Å². The molecule has 1 atom stereocenters. The van der Waals surface area contributed by atoms with Gasteiger partial charge < -0.3 is 5.32 Å². The molecule has 0 saturated carbocycles. The fourth-order valence-corrected chi connectivity index (χ4v) is 3.88. The Hall–Kier alpha value is -1.66. The van der Waals surface area contributed by atoms with Crippen LogP contribution in [-0.4, -0.2) is 27.8 Å². The predicted octanol–water partition coefficient (Wildman–Crippen LogP) is 4.12. The number of carbonyl (C=O) groups is 1. The molecule has 2 aromatic rings. The minimum Gasteiger partial charge on any atom is -0.357 e. The van der Waals surface area contributed by atoms with Crippen molar-refractivity contribution in [1.82, 2.24) is 10.2 Å². The number of aryl methyl sites for hydroxylation is 2. The van der Waals surface area contributed by atoms with Gasteiger partial charge in [0.25, 0.3) is 0 Å². The van der Waals surface area contributed by atoms with Crippen molar-refractivity contribution in [2.24, 2.45) is 0 Å². The van der Waals surface area contributed by atoms with Crippen LogP contribution in [0.25, 0.3) is 0 Å². The zero-order chi connectivity index (χ0) is 16.1. The summed E-state index contributed by atoms with van der Waals surface area (Å²) in [6.45, 7) is 10.2. The summed E-state index contributed by atoms with van der Waals surface area (Å²) in [5.41, 5.74) is 2.89. The second-order valence-corrected chi connectivity index (χ2v) is 7.55. The van der Waals surface area contributed by atoms with Crippen LogP contribution in [0.15, 0.2) is 35.2 Å². The number of anilines is 1. The number of Topliss-reactive ketones (excluding diaryl/α,β-unsaturated/α-hetero) is 1. The van der Waals surface area contributed by atoms with Crippen LogP contribution < -0.4 is 5.32 Å². The van der Waals surface area contributed by atoms with Gasteiger partial charge in [-0.1, -0.05) is 46.9 Å². The summed E-state index contributed by atoms with van der Waals surface area (Å²) in [4.78, 5) is 12.6. The number of carbonyl (C=O) groups excluding carboxylic acids is 1. The lowest BCUT2D eigenvalue weighted by atomic mass is 10.0. The highest BCUT2D eigenvalue weighted by Crippen LogP contribution is 2.30. The minimum absolute atomic E-state index is 0.127. The summed E-state index contributed by atoms with van der Waals surface area (Å²) in [5, 5.41) is 11.8. The fourth-order valence-electron chi connectivity index (χ4n) is 1.91. The van der Waals surface area contributed by atoms with Gasteiger partial charge in [-0.3, -0.25) is 4.79 Å². The molecule has 1 N–H and O–H groups in total. The van der Waals surface area contributed by atoms with Gasteiger partial charge in [0.2, 0.25) is 5.13 Å². The quantitative estimate of drug-likeness (QED) is 0.469. The molecule has 22 heavy (non-hydrogen) atoms. The number of rotatable bonds is 7. The van der Waals surface area contributed by atoms with Crippen molar-refractivity contribution in [2.45, 2.75) is 30.4 Å². The van der Waals surface area contributed by atoms with Crippen LogP contribution >= 0.6 is 23.1 Å². The molecule has 0 aliphatic carbocycles. The molecule has 0 aliphatic rings. The van der Waals surface area contributed by atoms with E-state index in [1.165, 1.54) is 23.1 Å². The van der Waals surface area contributed by atoms with Crippen molar-refractivity contribution in [1.29, 1.82) is 0 Å². The smallest absolute Gasteiger partial charge is 0.206 e. The van der Waals surface area contributed by atoms with Gasteiger partial charge in [0, 0.05) is 12.1 Å². The first-order valence-electron chi connectivity index (χ1n) is 6.97. The van der Waals surface area contributed by atoms with Gasteiger partial charge in [-0.15, -0.1) is 16.8 Å². The molecule has 4 nitrogen and oxygen atoms in total. The summed E-state index contributed by atoms with van der Waals surface area (Å²) in [6.07, 6.45) is 1.76. The average Bonchev–Trinajstić information content (AvgIpc) is 2.94. The summed E-state index contributed by atoms with van der Waals surface area (Å²) < 4.78 is 0.790. The SMILES string of the molecule is C=CCNc1nnc(SC(C)C(=O)c2cc(C)ccc2C)s1. The van der Waals surface area contributed by atoms with Gasteiger partial charge in [0.15, 0.2) is 10.1 Å². The van der Waals surface area contributed by atoms with E-state index in [0.29, 0.717) is 6.54 Å². The Balaban J connectivity index is 2.06. The molecule has 1 aromatic carbocycles. The summed E-state index contributed by atoms with van der Waals surface area (Å²) in [7, 11) is 0. The van der Waals surface area contributed by atoms with Gasteiger partial charge in [-0.05, 0) is 32.4 Å². The van der Waals surface area contributed by atoms with Crippen LogP contribution in [0.4, 0.5) is 5.13 Å². The maximum atomic E-state index is 12.6. The van der Waals surface area contributed by atoms with Crippen LogP contribution in [0.1, 0.15) is 28.4 Å². The van der Waals surface area contributed by atoms with Crippen molar-refractivity contribution < 1.29 is 4.79 Å². The molecule has 1 heterocycles. The fraction of sp³-hybridized carbons (Fsp3) is 0.312. The zero-order valence-electron chi connectivity index (χ0n) is 12.9. The Morgan fingerprint density at radius 2 is 2.23 bits per heavy atom.